The smallest absolute Gasteiger partial charge is 0.423 e. The molecule has 58 valence electrons. The number of hydrogen-bond acceptors (Lipinski definition) is 3. The molecule has 11 heavy (non-hydrogen) atoms. The summed E-state index contributed by atoms with van der Waals surface area (Å²) in [7, 11) is -1.41. The molecular formula is C7H10BNO2. The molecule has 0 amide bonds. The minimum Gasteiger partial charge on any atom is -0.423 e. The fraction of sp³-hybridized carbons (Fsp3) is 0.286. The second-order valence-electron chi connectivity index (χ2n) is 2.50. The Hall–Kier alpha value is -0.865. The van der Waals surface area contributed by atoms with Crippen LogP contribution in [-0.4, -0.2) is 22.2 Å². The molecule has 0 aliphatic carbocycles. The van der Waals surface area contributed by atoms with Crippen LogP contribution in [0.4, 0.5) is 0 Å². The summed E-state index contributed by atoms with van der Waals surface area (Å²) >= 11 is 0. The van der Waals surface area contributed by atoms with Crippen molar-refractivity contribution >= 4 is 12.6 Å². The van der Waals surface area contributed by atoms with Crippen LogP contribution in [0.15, 0.2) is 12.1 Å². The maximum Gasteiger partial charge on any atom is 0.490 e. The third-order valence-corrected chi connectivity index (χ3v) is 1.54. The number of aromatic nitrogens is 1. The van der Waals surface area contributed by atoms with Crippen molar-refractivity contribution in [2.24, 2.45) is 0 Å². The summed E-state index contributed by atoms with van der Waals surface area (Å²) in [6.45, 7) is 3.61. The van der Waals surface area contributed by atoms with Gasteiger partial charge in [0.1, 0.15) is 0 Å². The number of rotatable bonds is 1. The van der Waals surface area contributed by atoms with Crippen LogP contribution in [0.3, 0.4) is 0 Å². The zero-order valence-electron chi connectivity index (χ0n) is 6.57. The van der Waals surface area contributed by atoms with E-state index < -0.39 is 7.12 Å². The molecule has 1 aromatic heterocycles. The van der Waals surface area contributed by atoms with Gasteiger partial charge in [-0.05, 0) is 19.9 Å². The molecule has 3 nitrogen and oxygen atoms in total. The molecule has 4 heteroatoms. The summed E-state index contributed by atoms with van der Waals surface area (Å²) < 4.78 is 0. The van der Waals surface area contributed by atoms with E-state index in [2.05, 4.69) is 4.98 Å². The van der Waals surface area contributed by atoms with Gasteiger partial charge in [-0.15, -0.1) is 0 Å². The first kappa shape index (κ1) is 8.23. The molecule has 0 fully saturated rings. The Kier molecular flexibility index (Phi) is 2.26. The lowest BCUT2D eigenvalue weighted by atomic mass is 9.79. The predicted octanol–water partition coefficient (Wildman–Crippen LogP) is -0.622. The lowest BCUT2D eigenvalue weighted by Gasteiger charge is -2.03. The summed E-state index contributed by atoms with van der Waals surface area (Å²) in [5.74, 6) is 0. The van der Waals surface area contributed by atoms with Gasteiger partial charge >= 0.3 is 7.12 Å². The summed E-state index contributed by atoms with van der Waals surface area (Å²) in [4.78, 5) is 4.07. The Bertz CT molecular complexity index is 263. The summed E-state index contributed by atoms with van der Waals surface area (Å²) in [6.07, 6.45) is 0. The quantitative estimate of drug-likeness (QED) is 0.525. The maximum atomic E-state index is 8.81. The molecule has 0 radical (unpaired) electrons. The van der Waals surface area contributed by atoms with Crippen LogP contribution in [0.1, 0.15) is 11.4 Å². The molecule has 0 spiro atoms. The summed E-state index contributed by atoms with van der Waals surface area (Å²) in [6, 6.07) is 3.42. The fourth-order valence-corrected chi connectivity index (χ4v) is 0.970. The maximum absolute atomic E-state index is 8.81. The van der Waals surface area contributed by atoms with Gasteiger partial charge in [0.05, 0.1) is 0 Å². The summed E-state index contributed by atoms with van der Waals surface area (Å²) in [5, 5.41) is 17.6. The first-order valence-electron chi connectivity index (χ1n) is 3.41. The van der Waals surface area contributed by atoms with Crippen LogP contribution >= 0.6 is 0 Å². The normalized spacial score (nSPS) is 9.82. The third-order valence-electron chi connectivity index (χ3n) is 1.54. The van der Waals surface area contributed by atoms with Crippen molar-refractivity contribution < 1.29 is 10.0 Å². The second kappa shape index (κ2) is 3.03. The molecule has 0 unspecified atom stereocenters. The average molecular weight is 151 g/mol. The van der Waals surface area contributed by atoms with E-state index in [1.807, 2.05) is 6.92 Å². The Morgan fingerprint density at radius 1 is 1.27 bits per heavy atom. The lowest BCUT2D eigenvalue weighted by molar-refractivity contribution is 0.425. The fourth-order valence-electron chi connectivity index (χ4n) is 0.970. The molecule has 1 heterocycles. The molecule has 0 saturated carbocycles. The molecule has 0 saturated heterocycles. The van der Waals surface area contributed by atoms with Gasteiger partial charge < -0.3 is 10.0 Å². The van der Waals surface area contributed by atoms with Crippen LogP contribution < -0.4 is 5.46 Å². The van der Waals surface area contributed by atoms with E-state index in [9.17, 15) is 0 Å². The zero-order valence-corrected chi connectivity index (χ0v) is 6.57. The third kappa shape index (κ3) is 1.79. The molecule has 0 aliphatic heterocycles. The van der Waals surface area contributed by atoms with Gasteiger partial charge in [0.25, 0.3) is 0 Å². The number of hydrogen-bond donors (Lipinski definition) is 2. The van der Waals surface area contributed by atoms with E-state index in [4.69, 9.17) is 10.0 Å². The van der Waals surface area contributed by atoms with E-state index in [0.717, 1.165) is 5.69 Å². The number of aryl methyl sites for hydroxylation is 2. The standard InChI is InChI=1S/C7H10BNO2/c1-5-3-4-7(8(10)11)6(2)9-5/h3-4,10-11H,1-2H3. The van der Waals surface area contributed by atoms with Gasteiger partial charge in [0, 0.05) is 16.9 Å². The number of pyridine rings is 1. The Morgan fingerprint density at radius 2 is 1.91 bits per heavy atom. The predicted molar refractivity (Wildman–Crippen MR) is 43.5 cm³/mol. The molecule has 0 aliphatic rings. The molecule has 2 N–H and O–H groups in total. The van der Waals surface area contributed by atoms with Crippen LogP contribution in [0.5, 0.6) is 0 Å². The first-order chi connectivity index (χ1) is 5.11. The van der Waals surface area contributed by atoms with Crippen molar-refractivity contribution in [1.82, 2.24) is 4.98 Å². The highest BCUT2D eigenvalue weighted by Gasteiger charge is 2.13. The topological polar surface area (TPSA) is 53.4 Å². The van der Waals surface area contributed by atoms with E-state index in [-0.39, 0.29) is 0 Å². The highest BCUT2D eigenvalue weighted by Crippen LogP contribution is 1.93. The second-order valence-corrected chi connectivity index (χ2v) is 2.50. The van der Waals surface area contributed by atoms with Crippen molar-refractivity contribution in [2.45, 2.75) is 13.8 Å². The molecule has 1 aromatic rings. The highest BCUT2D eigenvalue weighted by molar-refractivity contribution is 6.59. The molecule has 0 atom stereocenters. The monoisotopic (exact) mass is 151 g/mol. The highest BCUT2D eigenvalue weighted by atomic mass is 16.4. The van der Waals surface area contributed by atoms with Gasteiger partial charge in [0.15, 0.2) is 0 Å². The number of nitrogens with zero attached hydrogens (tertiary/aromatic N) is 1. The van der Waals surface area contributed by atoms with Gasteiger partial charge in [0.2, 0.25) is 0 Å². The average Bonchev–Trinajstić information content (AvgIpc) is 1.85. The van der Waals surface area contributed by atoms with Gasteiger partial charge in [-0.25, -0.2) is 0 Å². The Labute approximate surface area is 65.9 Å². The van der Waals surface area contributed by atoms with Crippen LogP contribution in [0, 0.1) is 13.8 Å². The van der Waals surface area contributed by atoms with Crippen LogP contribution in [0.2, 0.25) is 0 Å². The van der Waals surface area contributed by atoms with Crippen molar-refractivity contribution in [3.05, 3.63) is 23.5 Å². The Morgan fingerprint density at radius 3 is 2.36 bits per heavy atom. The summed E-state index contributed by atoms with van der Waals surface area (Å²) in [5.41, 5.74) is 2.02. The van der Waals surface area contributed by atoms with E-state index in [1.54, 1.807) is 19.1 Å². The SMILES string of the molecule is Cc1ccc(B(O)O)c(C)n1. The van der Waals surface area contributed by atoms with Gasteiger partial charge in [-0.2, -0.15) is 0 Å². The van der Waals surface area contributed by atoms with E-state index in [0.29, 0.717) is 11.2 Å². The van der Waals surface area contributed by atoms with Gasteiger partial charge in [-0.3, -0.25) is 4.98 Å². The lowest BCUT2D eigenvalue weighted by Crippen LogP contribution is -2.32. The van der Waals surface area contributed by atoms with E-state index >= 15 is 0 Å². The molecule has 0 bridgehead atoms. The van der Waals surface area contributed by atoms with Gasteiger partial charge in [-0.1, -0.05) is 6.07 Å². The molecule has 0 aromatic carbocycles. The van der Waals surface area contributed by atoms with Crippen molar-refractivity contribution in [1.29, 1.82) is 0 Å². The van der Waals surface area contributed by atoms with Crippen molar-refractivity contribution in [3.8, 4) is 0 Å². The minimum absolute atomic E-state index is 0.468. The van der Waals surface area contributed by atoms with E-state index in [1.165, 1.54) is 0 Å². The molecular weight excluding hydrogens is 141 g/mol. The van der Waals surface area contributed by atoms with Crippen LogP contribution in [-0.2, 0) is 0 Å². The van der Waals surface area contributed by atoms with Crippen molar-refractivity contribution in [3.63, 3.8) is 0 Å². The van der Waals surface area contributed by atoms with Crippen LogP contribution in [0.25, 0.3) is 0 Å². The largest absolute Gasteiger partial charge is 0.490 e. The Balaban J connectivity index is 3.09. The van der Waals surface area contributed by atoms with Crippen molar-refractivity contribution in [2.75, 3.05) is 0 Å². The minimum atomic E-state index is -1.41. The zero-order chi connectivity index (χ0) is 8.43. The first-order valence-corrected chi connectivity index (χ1v) is 3.41. The molecule has 1 rings (SSSR count).